The number of hydrogen-bond acceptors (Lipinski definition) is 4. The Morgan fingerprint density at radius 3 is 2.78 bits per heavy atom. The third-order valence-electron chi connectivity index (χ3n) is 3.31. The van der Waals surface area contributed by atoms with E-state index in [0.29, 0.717) is 17.7 Å². The monoisotopic (exact) mass is 330 g/mol. The van der Waals surface area contributed by atoms with E-state index < -0.39 is 17.8 Å². The van der Waals surface area contributed by atoms with Crippen LogP contribution in [0.15, 0.2) is 18.3 Å². The lowest BCUT2D eigenvalue weighted by Gasteiger charge is -2.15. The number of hydrogen-bond donors (Lipinski definition) is 0. The maximum absolute atomic E-state index is 12.9. The van der Waals surface area contributed by atoms with Gasteiger partial charge < -0.3 is 9.64 Å². The van der Waals surface area contributed by atoms with Gasteiger partial charge in [0.05, 0.1) is 0 Å². The van der Waals surface area contributed by atoms with Crippen LogP contribution in [0.1, 0.15) is 29.0 Å². The first-order valence-corrected chi connectivity index (χ1v) is 7.01. The van der Waals surface area contributed by atoms with Crippen molar-refractivity contribution in [2.75, 3.05) is 27.3 Å². The van der Waals surface area contributed by atoms with Crippen molar-refractivity contribution in [3.05, 3.63) is 29.7 Å². The fourth-order valence-corrected chi connectivity index (χ4v) is 2.11. The van der Waals surface area contributed by atoms with Gasteiger partial charge in [-0.2, -0.15) is 18.3 Å². The van der Waals surface area contributed by atoms with E-state index in [-0.39, 0.29) is 11.3 Å². The molecule has 0 aliphatic rings. The van der Waals surface area contributed by atoms with Crippen molar-refractivity contribution in [3.8, 4) is 0 Å². The second-order valence-electron chi connectivity index (χ2n) is 5.05. The predicted octanol–water partition coefficient (Wildman–Crippen LogP) is 2.25. The second kappa shape index (κ2) is 6.95. The zero-order valence-electron chi connectivity index (χ0n) is 12.8. The van der Waals surface area contributed by atoms with Gasteiger partial charge in [0, 0.05) is 39.6 Å². The van der Waals surface area contributed by atoms with Crippen LogP contribution in [-0.2, 0) is 10.9 Å². The van der Waals surface area contributed by atoms with Crippen molar-refractivity contribution < 1.29 is 22.7 Å². The summed E-state index contributed by atoms with van der Waals surface area (Å²) in [6, 6.07) is 2.08. The Labute approximate surface area is 130 Å². The molecule has 6 nitrogen and oxygen atoms in total. The summed E-state index contributed by atoms with van der Waals surface area (Å²) < 4.78 is 44.4. The summed E-state index contributed by atoms with van der Waals surface area (Å²) >= 11 is 0. The number of fused-ring (bicyclic) bond motifs is 1. The van der Waals surface area contributed by atoms with Gasteiger partial charge in [0.2, 0.25) is 0 Å². The van der Waals surface area contributed by atoms with Crippen molar-refractivity contribution in [2.24, 2.45) is 0 Å². The molecule has 0 fully saturated rings. The molecule has 0 unspecified atom stereocenters. The predicted molar refractivity (Wildman–Crippen MR) is 76.1 cm³/mol. The van der Waals surface area contributed by atoms with Gasteiger partial charge in [0.15, 0.2) is 11.3 Å². The highest BCUT2D eigenvalue weighted by Crippen LogP contribution is 2.29. The Kier molecular flexibility index (Phi) is 5.19. The Bertz CT molecular complexity index is 684. The number of methoxy groups -OCH3 is 1. The van der Waals surface area contributed by atoms with E-state index in [9.17, 15) is 18.0 Å². The average Bonchev–Trinajstić information content (AvgIpc) is 2.93. The van der Waals surface area contributed by atoms with Crippen LogP contribution in [0.4, 0.5) is 13.2 Å². The third-order valence-corrected chi connectivity index (χ3v) is 3.31. The number of amides is 1. The van der Waals surface area contributed by atoms with Gasteiger partial charge in [0.25, 0.3) is 5.91 Å². The Balaban J connectivity index is 2.18. The fourth-order valence-electron chi connectivity index (χ4n) is 2.11. The molecule has 0 bridgehead atoms. The summed E-state index contributed by atoms with van der Waals surface area (Å²) in [6.07, 6.45) is -2.00. The average molecular weight is 330 g/mol. The quantitative estimate of drug-likeness (QED) is 0.762. The minimum Gasteiger partial charge on any atom is -0.385 e. The maximum Gasteiger partial charge on any atom is 0.433 e. The second-order valence-corrected chi connectivity index (χ2v) is 5.05. The van der Waals surface area contributed by atoms with E-state index in [4.69, 9.17) is 4.74 Å². The summed E-state index contributed by atoms with van der Waals surface area (Å²) in [7, 11) is 3.17. The molecule has 2 heterocycles. The molecule has 0 radical (unpaired) electrons. The number of rotatable bonds is 6. The van der Waals surface area contributed by atoms with Crippen molar-refractivity contribution in [1.29, 1.82) is 0 Å². The molecule has 0 atom stereocenters. The number of carbonyl (C=O) groups excluding carboxylic acids is 1. The first kappa shape index (κ1) is 17.2. The number of carbonyl (C=O) groups is 1. The normalized spacial score (nSPS) is 11.9. The fraction of sp³-hybridized carbons (Fsp3) is 0.500. The highest BCUT2D eigenvalue weighted by Gasteiger charge is 2.34. The van der Waals surface area contributed by atoms with E-state index in [2.05, 4.69) is 10.1 Å². The lowest BCUT2D eigenvalue weighted by atomic mass is 10.3. The molecule has 0 saturated heterocycles. The van der Waals surface area contributed by atoms with Gasteiger partial charge >= 0.3 is 6.18 Å². The molecule has 0 spiro atoms. The van der Waals surface area contributed by atoms with Crippen LogP contribution in [-0.4, -0.2) is 52.7 Å². The Morgan fingerprint density at radius 2 is 2.13 bits per heavy atom. The highest BCUT2D eigenvalue weighted by atomic mass is 19.4. The summed E-state index contributed by atoms with van der Waals surface area (Å²) in [4.78, 5) is 17.5. The lowest BCUT2D eigenvalue weighted by molar-refractivity contribution is -0.142. The van der Waals surface area contributed by atoms with E-state index in [0.717, 1.165) is 25.1 Å². The van der Waals surface area contributed by atoms with Crippen LogP contribution >= 0.6 is 0 Å². The molecule has 0 aromatic carbocycles. The first-order valence-electron chi connectivity index (χ1n) is 7.01. The standard InChI is InChI=1S/C14H17F3N4O2/c1-20(7-3-4-8-23-2)13(22)10-9-12-18-6-5-11(14(15,16)17)21(12)19-10/h5-6,9H,3-4,7-8H2,1-2H3. The molecule has 126 valence electrons. The molecular formula is C14H17F3N4O2. The summed E-state index contributed by atoms with van der Waals surface area (Å²) in [6.45, 7) is 1.06. The largest absolute Gasteiger partial charge is 0.433 e. The SMILES string of the molecule is COCCCCN(C)C(=O)c1cc2nccc(C(F)(F)F)n2n1. The maximum atomic E-state index is 12.9. The zero-order valence-corrected chi connectivity index (χ0v) is 12.8. The number of alkyl halides is 3. The number of nitrogens with zero attached hydrogens (tertiary/aromatic N) is 4. The van der Waals surface area contributed by atoms with Crippen LogP contribution in [0.3, 0.4) is 0 Å². The topological polar surface area (TPSA) is 59.7 Å². The van der Waals surface area contributed by atoms with Gasteiger partial charge in [-0.15, -0.1) is 0 Å². The molecular weight excluding hydrogens is 313 g/mol. The van der Waals surface area contributed by atoms with Gasteiger partial charge in [0.1, 0.15) is 5.69 Å². The smallest absolute Gasteiger partial charge is 0.385 e. The van der Waals surface area contributed by atoms with Crippen LogP contribution < -0.4 is 0 Å². The van der Waals surface area contributed by atoms with Crippen LogP contribution in [0, 0.1) is 0 Å². The van der Waals surface area contributed by atoms with Gasteiger partial charge in [-0.1, -0.05) is 0 Å². The number of ether oxygens (including phenoxy) is 1. The molecule has 0 saturated carbocycles. The highest BCUT2D eigenvalue weighted by molar-refractivity contribution is 5.93. The van der Waals surface area contributed by atoms with Crippen LogP contribution in [0.25, 0.3) is 5.65 Å². The van der Waals surface area contributed by atoms with Crippen molar-refractivity contribution in [3.63, 3.8) is 0 Å². The Hall–Kier alpha value is -2.16. The number of aromatic nitrogens is 3. The number of unbranched alkanes of at least 4 members (excludes halogenated alkanes) is 1. The van der Waals surface area contributed by atoms with E-state index in [1.54, 1.807) is 14.2 Å². The van der Waals surface area contributed by atoms with Gasteiger partial charge in [-0.05, 0) is 18.9 Å². The first-order chi connectivity index (χ1) is 10.8. The molecule has 0 aliphatic carbocycles. The molecule has 23 heavy (non-hydrogen) atoms. The van der Waals surface area contributed by atoms with Gasteiger partial charge in [-0.25, -0.2) is 9.50 Å². The van der Waals surface area contributed by atoms with E-state index >= 15 is 0 Å². The molecule has 0 aliphatic heterocycles. The molecule has 0 N–H and O–H groups in total. The lowest BCUT2D eigenvalue weighted by Crippen LogP contribution is -2.28. The van der Waals surface area contributed by atoms with Gasteiger partial charge in [-0.3, -0.25) is 4.79 Å². The third kappa shape index (κ3) is 3.98. The van der Waals surface area contributed by atoms with E-state index in [1.807, 2.05) is 0 Å². The molecule has 1 amide bonds. The van der Waals surface area contributed by atoms with Crippen LogP contribution in [0.2, 0.25) is 0 Å². The van der Waals surface area contributed by atoms with Crippen molar-refractivity contribution in [2.45, 2.75) is 19.0 Å². The molecule has 2 aromatic rings. The zero-order chi connectivity index (χ0) is 17.0. The molecule has 2 rings (SSSR count). The molecule has 9 heteroatoms. The van der Waals surface area contributed by atoms with Crippen molar-refractivity contribution >= 4 is 11.6 Å². The van der Waals surface area contributed by atoms with Crippen LogP contribution in [0.5, 0.6) is 0 Å². The minimum atomic E-state index is -4.57. The molecule has 2 aromatic heterocycles. The Morgan fingerprint density at radius 1 is 1.39 bits per heavy atom. The van der Waals surface area contributed by atoms with Crippen molar-refractivity contribution in [1.82, 2.24) is 19.5 Å². The summed E-state index contributed by atoms with van der Waals surface area (Å²) in [5, 5.41) is 3.76. The summed E-state index contributed by atoms with van der Waals surface area (Å²) in [5.41, 5.74) is -1.05. The van der Waals surface area contributed by atoms with E-state index in [1.165, 1.54) is 11.0 Å². The minimum absolute atomic E-state index is 0.0176. The summed E-state index contributed by atoms with van der Waals surface area (Å²) in [5.74, 6) is -0.443. The number of halogens is 3.